The van der Waals surface area contributed by atoms with Crippen LogP contribution in [-0.2, 0) is 23.7 Å². The molecule has 0 radical (unpaired) electrons. The Labute approximate surface area is 241 Å². The third-order valence-electron chi connectivity index (χ3n) is 8.31. The zero-order valence-corrected chi connectivity index (χ0v) is 22.8. The summed E-state index contributed by atoms with van der Waals surface area (Å²) < 4.78 is 23.3. The van der Waals surface area contributed by atoms with Crippen molar-refractivity contribution in [3.05, 3.63) is 0 Å². The molecule has 2 saturated heterocycles. The summed E-state index contributed by atoms with van der Waals surface area (Å²) in [6, 6.07) is -5.01. The van der Waals surface area contributed by atoms with Gasteiger partial charge in [-0.3, -0.25) is 4.79 Å². The summed E-state index contributed by atoms with van der Waals surface area (Å²) in [5.41, 5.74) is 33.0. The van der Waals surface area contributed by atoms with E-state index < -0.39 is 110 Å². The number of nitrogens with zero attached hydrogens (tertiary/aromatic N) is 1. The van der Waals surface area contributed by atoms with E-state index in [1.54, 1.807) is 0 Å². The number of aliphatic hydroxyl groups excluding tert-OH is 5. The molecule has 0 aromatic carbocycles. The van der Waals surface area contributed by atoms with E-state index in [0.29, 0.717) is 0 Å². The van der Waals surface area contributed by atoms with Crippen LogP contribution in [0.15, 0.2) is 4.99 Å². The van der Waals surface area contributed by atoms with Crippen molar-refractivity contribution in [3.63, 3.8) is 0 Å². The van der Waals surface area contributed by atoms with E-state index in [9.17, 15) is 35.4 Å². The highest BCUT2D eigenvalue weighted by Gasteiger charge is 2.59. The number of ether oxygens (including phenoxy) is 4. The Morgan fingerprint density at radius 3 is 2.14 bits per heavy atom. The first-order valence-corrected chi connectivity index (χ1v) is 13.8. The number of rotatable bonds is 9. The van der Waals surface area contributed by atoms with Crippen molar-refractivity contribution in [3.8, 4) is 0 Å². The quantitative estimate of drug-likeness (QED) is 0.0853. The van der Waals surface area contributed by atoms with Gasteiger partial charge in [0.1, 0.15) is 42.7 Å². The summed E-state index contributed by atoms with van der Waals surface area (Å²) in [4.78, 5) is 16.9. The van der Waals surface area contributed by atoms with Gasteiger partial charge in [-0.2, -0.15) is 0 Å². The van der Waals surface area contributed by atoms with Crippen LogP contribution < -0.4 is 39.7 Å². The van der Waals surface area contributed by atoms with E-state index >= 15 is 0 Å². The van der Waals surface area contributed by atoms with Gasteiger partial charge in [0.2, 0.25) is 0 Å². The first-order valence-electron chi connectivity index (χ1n) is 13.8. The predicted molar refractivity (Wildman–Crippen MR) is 141 cm³/mol. The Kier molecular flexibility index (Phi) is 10.3. The molecule has 0 aromatic rings. The van der Waals surface area contributed by atoms with Crippen molar-refractivity contribution in [2.75, 3.05) is 13.2 Å². The van der Waals surface area contributed by atoms with Crippen molar-refractivity contribution >= 4 is 11.9 Å². The van der Waals surface area contributed by atoms with Crippen LogP contribution in [0, 0.1) is 0 Å². The maximum atomic E-state index is 12.8. The molecule has 2 heterocycles. The molecule has 2 saturated carbocycles. The lowest BCUT2D eigenvalue weighted by atomic mass is 9.83. The number of amides is 1. The normalized spacial score (nSPS) is 49.2. The van der Waals surface area contributed by atoms with Gasteiger partial charge in [-0.15, -0.1) is 0 Å². The molecule has 2 aliphatic carbocycles. The second-order valence-corrected chi connectivity index (χ2v) is 11.4. The molecule has 19 N–H and O–H groups in total. The van der Waals surface area contributed by atoms with E-state index in [1.807, 2.05) is 0 Å². The Balaban J connectivity index is 1.59. The van der Waals surface area contributed by atoms with E-state index in [1.165, 1.54) is 0 Å². The Hall–Kier alpha value is -1.82. The minimum atomic E-state index is -1.82. The van der Waals surface area contributed by atoms with Crippen LogP contribution in [0.1, 0.15) is 19.3 Å². The second kappa shape index (κ2) is 13.0. The molecule has 0 aromatic heterocycles. The Bertz CT molecular complexity index is 979. The molecular formula is C23H44N8O11. The topological polar surface area (TPSA) is 356 Å². The molecule has 19 heteroatoms. The number of carbonyl (C=O) groups is 1. The van der Waals surface area contributed by atoms with Crippen LogP contribution >= 0.6 is 0 Å². The fraction of sp³-hybridized carbons (Fsp3) is 0.913. The number of nitrogens with one attached hydrogen (secondary N) is 1. The predicted octanol–water partition coefficient (Wildman–Crippen LogP) is -8.36. The zero-order chi connectivity index (χ0) is 31.1. The van der Waals surface area contributed by atoms with Crippen molar-refractivity contribution in [1.29, 1.82) is 0 Å². The lowest BCUT2D eigenvalue weighted by Crippen LogP contribution is -2.69. The molecule has 0 spiro atoms. The Morgan fingerprint density at radius 2 is 1.57 bits per heavy atom. The summed E-state index contributed by atoms with van der Waals surface area (Å²) in [5, 5.41) is 65.4. The van der Waals surface area contributed by atoms with Gasteiger partial charge in [0, 0.05) is 31.5 Å². The fourth-order valence-corrected chi connectivity index (χ4v) is 5.61. The Morgan fingerprint density at radius 1 is 0.952 bits per heavy atom. The van der Waals surface area contributed by atoms with E-state index in [-0.39, 0.29) is 31.8 Å². The molecule has 242 valence electrons. The fourth-order valence-electron chi connectivity index (χ4n) is 5.61. The van der Waals surface area contributed by atoms with Crippen LogP contribution in [0.2, 0.25) is 0 Å². The molecule has 4 rings (SSSR count). The van der Waals surface area contributed by atoms with Crippen molar-refractivity contribution in [2.45, 2.75) is 116 Å². The smallest absolute Gasteiger partial charge is 0.253 e. The molecule has 2 aliphatic heterocycles. The van der Waals surface area contributed by atoms with E-state index in [2.05, 4.69) is 10.3 Å². The maximum absolute atomic E-state index is 12.8. The van der Waals surface area contributed by atoms with Crippen LogP contribution in [0.3, 0.4) is 0 Å². The standard InChI is InChI=1S/C23H44N8O11/c24-4-10-9(33)2-8(31-22(28)29)19(39-10)41-17-6(25)1-7(30-21(37)23(38)3-12(23)26)18(16(17)36)42-20-15(35)13(27)14(34)11(5-32)40-20/h6-20,32-36,38H,1-5,24-27H2,(H,30,37)(H4,28,29,31). The van der Waals surface area contributed by atoms with Crippen LogP contribution in [0.25, 0.3) is 0 Å². The maximum Gasteiger partial charge on any atom is 0.253 e. The lowest BCUT2D eigenvalue weighted by Gasteiger charge is -2.48. The number of guanidine groups is 1. The third-order valence-corrected chi connectivity index (χ3v) is 8.31. The number of hydrogen-bond donors (Lipinski definition) is 13. The van der Waals surface area contributed by atoms with Crippen LogP contribution in [-0.4, -0.2) is 153 Å². The number of nitrogens with two attached hydrogens (primary N) is 6. The molecule has 19 nitrogen and oxygen atoms in total. The summed E-state index contributed by atoms with van der Waals surface area (Å²) in [5.74, 6) is -1.12. The summed E-state index contributed by atoms with van der Waals surface area (Å²) in [7, 11) is 0. The van der Waals surface area contributed by atoms with Gasteiger partial charge in [0.05, 0.1) is 30.9 Å². The second-order valence-electron chi connectivity index (χ2n) is 11.4. The SMILES string of the molecule is NCC1OC(OC2C(N)CC(NC(=O)C3(O)CC3N)C(OC3OC(CO)C(O)C(N)C3O)C2O)C(N=C(N)N)CC1O. The van der Waals surface area contributed by atoms with Crippen molar-refractivity contribution in [1.82, 2.24) is 5.32 Å². The van der Waals surface area contributed by atoms with Crippen LogP contribution in [0.5, 0.6) is 0 Å². The average Bonchev–Trinajstić information content (AvgIpc) is 3.56. The first kappa shape index (κ1) is 33.1. The number of aliphatic hydroxyl groups is 6. The van der Waals surface area contributed by atoms with E-state index in [0.717, 1.165) is 0 Å². The molecule has 16 atom stereocenters. The average molecular weight is 609 g/mol. The minimum Gasteiger partial charge on any atom is -0.394 e. The largest absolute Gasteiger partial charge is 0.394 e. The number of aliphatic imine (C=N–C) groups is 1. The van der Waals surface area contributed by atoms with Gasteiger partial charge >= 0.3 is 0 Å². The zero-order valence-electron chi connectivity index (χ0n) is 22.8. The number of hydrogen-bond acceptors (Lipinski definition) is 16. The molecule has 4 fully saturated rings. The molecule has 0 bridgehead atoms. The van der Waals surface area contributed by atoms with Gasteiger partial charge in [-0.25, -0.2) is 4.99 Å². The van der Waals surface area contributed by atoms with E-state index in [4.69, 9.17) is 53.3 Å². The molecule has 1 amide bonds. The van der Waals surface area contributed by atoms with Crippen molar-refractivity contribution in [2.24, 2.45) is 39.4 Å². The van der Waals surface area contributed by atoms with Gasteiger partial charge in [0.25, 0.3) is 5.91 Å². The minimum absolute atomic E-state index is 0.0187. The van der Waals surface area contributed by atoms with Gasteiger partial charge < -0.3 is 89.3 Å². The highest BCUT2D eigenvalue weighted by molar-refractivity contribution is 5.89. The summed E-state index contributed by atoms with van der Waals surface area (Å²) >= 11 is 0. The van der Waals surface area contributed by atoms with Gasteiger partial charge in [-0.1, -0.05) is 0 Å². The monoisotopic (exact) mass is 608 g/mol. The molecular weight excluding hydrogens is 564 g/mol. The molecule has 42 heavy (non-hydrogen) atoms. The highest BCUT2D eigenvalue weighted by Crippen LogP contribution is 2.36. The lowest BCUT2D eigenvalue weighted by molar-refractivity contribution is -0.315. The van der Waals surface area contributed by atoms with Gasteiger partial charge in [-0.05, 0) is 6.42 Å². The highest BCUT2D eigenvalue weighted by atomic mass is 16.7. The molecule has 4 aliphatic rings. The molecule has 16 unspecified atom stereocenters. The van der Waals surface area contributed by atoms with Gasteiger partial charge in [0.15, 0.2) is 24.1 Å². The van der Waals surface area contributed by atoms with Crippen LogP contribution in [0.4, 0.5) is 0 Å². The first-order chi connectivity index (χ1) is 19.7. The summed E-state index contributed by atoms with van der Waals surface area (Å²) in [6.07, 6.45) is -13.2. The third kappa shape index (κ3) is 6.64. The summed E-state index contributed by atoms with van der Waals surface area (Å²) in [6.45, 7) is -0.718. The number of carbonyl (C=O) groups excluding carboxylic acids is 1. The van der Waals surface area contributed by atoms with Crippen molar-refractivity contribution < 1.29 is 54.4 Å².